The maximum absolute atomic E-state index is 12.1. The van der Waals surface area contributed by atoms with Crippen LogP contribution < -0.4 is 4.90 Å². The van der Waals surface area contributed by atoms with E-state index >= 15 is 0 Å². The molecule has 2 aliphatic rings. The van der Waals surface area contributed by atoms with E-state index in [0.717, 1.165) is 22.2 Å². The SMILES string of the molecule is O=S1(=O)CC2N=C(SCc3ccc(Cl)cc3)N(c3ccc(Cl)cc3)C2C1. The zero-order valence-corrected chi connectivity index (χ0v) is 16.8. The van der Waals surface area contributed by atoms with Gasteiger partial charge in [-0.1, -0.05) is 47.1 Å². The molecule has 2 aromatic rings. The van der Waals surface area contributed by atoms with Gasteiger partial charge in [0, 0.05) is 21.5 Å². The van der Waals surface area contributed by atoms with Crippen molar-refractivity contribution in [1.29, 1.82) is 0 Å². The Balaban J connectivity index is 1.60. The molecule has 136 valence electrons. The van der Waals surface area contributed by atoms with Crippen LogP contribution >= 0.6 is 35.0 Å². The number of anilines is 1. The monoisotopic (exact) mass is 426 g/mol. The molecular formula is C18H16Cl2N2O2S2. The molecule has 2 heterocycles. The van der Waals surface area contributed by atoms with Gasteiger partial charge in [-0.25, -0.2) is 8.42 Å². The van der Waals surface area contributed by atoms with Crippen LogP contribution in [0.15, 0.2) is 53.5 Å². The van der Waals surface area contributed by atoms with Gasteiger partial charge in [-0.3, -0.25) is 4.99 Å². The second kappa shape index (κ2) is 7.08. The Morgan fingerprint density at radius 2 is 1.62 bits per heavy atom. The summed E-state index contributed by atoms with van der Waals surface area (Å²) in [5, 5.41) is 2.21. The molecule has 26 heavy (non-hydrogen) atoms. The number of hydrogen-bond acceptors (Lipinski definition) is 5. The molecule has 2 atom stereocenters. The topological polar surface area (TPSA) is 49.7 Å². The van der Waals surface area contributed by atoms with Crippen LogP contribution in [0.1, 0.15) is 5.56 Å². The van der Waals surface area contributed by atoms with Crippen molar-refractivity contribution in [2.75, 3.05) is 16.4 Å². The minimum Gasteiger partial charge on any atom is -0.315 e. The number of hydrogen-bond donors (Lipinski definition) is 0. The van der Waals surface area contributed by atoms with Gasteiger partial charge in [0.1, 0.15) is 0 Å². The van der Waals surface area contributed by atoms with Crippen LogP contribution in [0.25, 0.3) is 0 Å². The van der Waals surface area contributed by atoms with Gasteiger partial charge in [0.2, 0.25) is 0 Å². The van der Waals surface area contributed by atoms with E-state index in [1.165, 1.54) is 0 Å². The zero-order chi connectivity index (χ0) is 18.3. The average molecular weight is 427 g/mol. The van der Waals surface area contributed by atoms with Crippen LogP contribution in [-0.4, -0.2) is 37.2 Å². The van der Waals surface area contributed by atoms with E-state index in [4.69, 9.17) is 28.2 Å². The number of sulfone groups is 1. The summed E-state index contributed by atoms with van der Waals surface area (Å²) in [6, 6.07) is 14.8. The molecule has 0 radical (unpaired) electrons. The van der Waals surface area contributed by atoms with Crippen molar-refractivity contribution >= 4 is 55.7 Å². The number of amidine groups is 1. The van der Waals surface area contributed by atoms with Gasteiger partial charge in [-0.15, -0.1) is 0 Å². The van der Waals surface area contributed by atoms with Crippen LogP contribution in [0.5, 0.6) is 0 Å². The molecule has 0 aliphatic carbocycles. The standard InChI is InChI=1S/C18H16Cl2N2O2S2/c19-13-3-1-12(2-4-13)9-25-18-21-16-10-26(23,24)11-17(16)22(18)15-7-5-14(20)6-8-15/h1-8,16-17H,9-11H2. The number of rotatable bonds is 3. The van der Waals surface area contributed by atoms with Gasteiger partial charge in [-0.05, 0) is 42.0 Å². The molecule has 0 spiro atoms. The van der Waals surface area contributed by atoms with Gasteiger partial charge in [0.25, 0.3) is 0 Å². The molecule has 0 N–H and O–H groups in total. The fraction of sp³-hybridized carbons (Fsp3) is 0.278. The van der Waals surface area contributed by atoms with Crippen LogP contribution in [0.2, 0.25) is 10.0 Å². The minimum atomic E-state index is -3.05. The predicted octanol–water partition coefficient (Wildman–Crippen LogP) is 4.27. The quantitative estimate of drug-likeness (QED) is 0.734. The first-order valence-electron chi connectivity index (χ1n) is 8.11. The number of halogens is 2. The molecule has 4 nitrogen and oxygen atoms in total. The first-order valence-corrected chi connectivity index (χ1v) is 11.7. The summed E-state index contributed by atoms with van der Waals surface area (Å²) in [5.74, 6) is 0.994. The van der Waals surface area contributed by atoms with E-state index in [-0.39, 0.29) is 23.6 Å². The Bertz CT molecular complexity index is 944. The van der Waals surface area contributed by atoms with Gasteiger partial charge in [0.15, 0.2) is 15.0 Å². The molecule has 0 bridgehead atoms. The van der Waals surface area contributed by atoms with Crippen molar-refractivity contribution < 1.29 is 8.42 Å². The minimum absolute atomic E-state index is 0.118. The predicted molar refractivity (Wildman–Crippen MR) is 110 cm³/mol. The normalized spacial score (nSPS) is 23.8. The fourth-order valence-corrected chi connectivity index (χ4v) is 6.44. The lowest BCUT2D eigenvalue weighted by Crippen LogP contribution is -2.39. The summed E-state index contributed by atoms with van der Waals surface area (Å²) in [4.78, 5) is 6.77. The van der Waals surface area contributed by atoms with E-state index in [9.17, 15) is 8.42 Å². The summed E-state index contributed by atoms with van der Waals surface area (Å²) in [6.07, 6.45) is 0. The summed E-state index contributed by atoms with van der Waals surface area (Å²) in [5.41, 5.74) is 2.06. The Hall–Kier alpha value is -1.21. The third-order valence-electron chi connectivity index (χ3n) is 4.49. The fourth-order valence-electron chi connectivity index (χ4n) is 3.27. The molecule has 0 saturated carbocycles. The molecule has 2 aromatic carbocycles. The van der Waals surface area contributed by atoms with E-state index < -0.39 is 9.84 Å². The number of benzene rings is 2. The highest BCUT2D eigenvalue weighted by Crippen LogP contribution is 2.36. The molecule has 1 saturated heterocycles. The van der Waals surface area contributed by atoms with E-state index in [1.54, 1.807) is 11.8 Å². The highest BCUT2D eigenvalue weighted by atomic mass is 35.5. The van der Waals surface area contributed by atoms with Crippen LogP contribution in [0.4, 0.5) is 5.69 Å². The lowest BCUT2D eigenvalue weighted by atomic mass is 10.1. The molecule has 1 fully saturated rings. The van der Waals surface area contributed by atoms with Gasteiger partial charge in [0.05, 0.1) is 23.6 Å². The van der Waals surface area contributed by atoms with Crippen molar-refractivity contribution in [1.82, 2.24) is 0 Å². The lowest BCUT2D eigenvalue weighted by Gasteiger charge is -2.26. The molecule has 0 aromatic heterocycles. The number of nitrogens with zero attached hydrogens (tertiary/aromatic N) is 2. The maximum atomic E-state index is 12.1. The third-order valence-corrected chi connectivity index (χ3v) is 7.73. The zero-order valence-electron chi connectivity index (χ0n) is 13.7. The third kappa shape index (κ3) is 3.74. The Morgan fingerprint density at radius 1 is 1.00 bits per heavy atom. The maximum Gasteiger partial charge on any atom is 0.164 e. The number of thioether (sulfide) groups is 1. The summed E-state index contributed by atoms with van der Waals surface area (Å²) >= 11 is 13.6. The van der Waals surface area contributed by atoms with Gasteiger partial charge in [-0.2, -0.15) is 0 Å². The first kappa shape index (κ1) is 18.2. The molecule has 0 amide bonds. The lowest BCUT2D eigenvalue weighted by molar-refractivity contribution is 0.601. The largest absolute Gasteiger partial charge is 0.315 e. The van der Waals surface area contributed by atoms with Crippen molar-refractivity contribution in [2.24, 2.45) is 4.99 Å². The average Bonchev–Trinajstić information content (AvgIpc) is 3.06. The van der Waals surface area contributed by atoms with Crippen LogP contribution in [-0.2, 0) is 15.6 Å². The smallest absolute Gasteiger partial charge is 0.164 e. The molecule has 2 aliphatic heterocycles. The van der Waals surface area contributed by atoms with E-state index in [1.807, 2.05) is 53.4 Å². The summed E-state index contributed by atoms with van der Waals surface area (Å²) in [7, 11) is -3.05. The van der Waals surface area contributed by atoms with Crippen LogP contribution in [0, 0.1) is 0 Å². The Kier molecular flexibility index (Phi) is 4.94. The summed E-state index contributed by atoms with van der Waals surface area (Å²) < 4.78 is 24.1. The molecule has 4 rings (SSSR count). The second-order valence-electron chi connectivity index (χ2n) is 6.38. The molecule has 8 heteroatoms. The van der Waals surface area contributed by atoms with Crippen LogP contribution in [0.3, 0.4) is 0 Å². The number of aliphatic imine (C=N–C) groups is 1. The van der Waals surface area contributed by atoms with Gasteiger partial charge < -0.3 is 4.90 Å². The van der Waals surface area contributed by atoms with E-state index in [2.05, 4.69) is 0 Å². The van der Waals surface area contributed by atoms with Crippen molar-refractivity contribution in [3.8, 4) is 0 Å². The molecular weight excluding hydrogens is 411 g/mol. The van der Waals surface area contributed by atoms with Gasteiger partial charge >= 0.3 is 0 Å². The second-order valence-corrected chi connectivity index (χ2v) is 10.4. The Labute approximate surface area is 167 Å². The van der Waals surface area contributed by atoms with Crippen molar-refractivity contribution in [3.05, 3.63) is 64.1 Å². The first-order chi connectivity index (χ1) is 12.4. The molecule has 2 unspecified atom stereocenters. The van der Waals surface area contributed by atoms with Crippen molar-refractivity contribution in [3.63, 3.8) is 0 Å². The number of fused-ring (bicyclic) bond motifs is 1. The highest BCUT2D eigenvalue weighted by molar-refractivity contribution is 8.13. The summed E-state index contributed by atoms with van der Waals surface area (Å²) in [6.45, 7) is 0. The highest BCUT2D eigenvalue weighted by Gasteiger charge is 2.47. The Morgan fingerprint density at radius 3 is 2.27 bits per heavy atom. The van der Waals surface area contributed by atoms with Crippen molar-refractivity contribution in [2.45, 2.75) is 17.8 Å². The van der Waals surface area contributed by atoms with E-state index in [0.29, 0.717) is 10.0 Å².